The molecule has 1 amide bonds. The third-order valence-electron chi connectivity index (χ3n) is 3.45. The number of carbonyl (C=O) groups is 1. The number of nitrogens with zero attached hydrogens (tertiary/aromatic N) is 1. The summed E-state index contributed by atoms with van der Waals surface area (Å²) in [5, 5.41) is 2.23. The number of carbonyl (C=O) groups excluding carboxylic acids is 1. The number of amides is 1. The van der Waals surface area contributed by atoms with Gasteiger partial charge in [-0.15, -0.1) is 0 Å². The summed E-state index contributed by atoms with van der Waals surface area (Å²) in [6.07, 6.45) is 0. The lowest BCUT2D eigenvalue weighted by Gasteiger charge is -2.25. The number of hydrogen-bond donors (Lipinski definition) is 1. The van der Waals surface area contributed by atoms with Gasteiger partial charge < -0.3 is 15.0 Å². The van der Waals surface area contributed by atoms with E-state index < -0.39 is 0 Å². The van der Waals surface area contributed by atoms with E-state index in [0.29, 0.717) is 5.92 Å². The molecular weight excluding hydrogens is 240 g/mol. The number of para-hydroxylation sites is 1. The molecule has 0 radical (unpaired) electrons. The van der Waals surface area contributed by atoms with E-state index in [1.165, 1.54) is 0 Å². The van der Waals surface area contributed by atoms with Crippen molar-refractivity contribution < 1.29 is 14.8 Å². The van der Waals surface area contributed by atoms with Crippen LogP contribution in [0.3, 0.4) is 0 Å². The maximum absolute atomic E-state index is 12.0. The first-order chi connectivity index (χ1) is 9.18. The Labute approximate surface area is 114 Å². The third-order valence-corrected chi connectivity index (χ3v) is 3.45. The van der Waals surface area contributed by atoms with Gasteiger partial charge in [0.25, 0.3) is 5.91 Å². The van der Waals surface area contributed by atoms with Crippen LogP contribution in [0.5, 0.6) is 5.75 Å². The first-order valence-corrected chi connectivity index (χ1v) is 6.99. The van der Waals surface area contributed by atoms with Crippen molar-refractivity contribution in [1.82, 2.24) is 4.90 Å². The molecule has 0 atom stereocenters. The molecule has 1 saturated heterocycles. The van der Waals surface area contributed by atoms with Crippen LogP contribution in [-0.4, -0.2) is 43.6 Å². The van der Waals surface area contributed by atoms with Gasteiger partial charge in [0.15, 0.2) is 6.61 Å². The maximum atomic E-state index is 12.0. The fourth-order valence-electron chi connectivity index (χ4n) is 2.32. The van der Waals surface area contributed by atoms with Crippen molar-refractivity contribution in [3.63, 3.8) is 0 Å². The van der Waals surface area contributed by atoms with Gasteiger partial charge in [0.05, 0.1) is 26.2 Å². The fraction of sp³-hybridized carbons (Fsp3) is 0.533. The van der Waals surface area contributed by atoms with Crippen molar-refractivity contribution in [3.8, 4) is 5.75 Å². The second-order valence-electron chi connectivity index (χ2n) is 5.23. The summed E-state index contributed by atoms with van der Waals surface area (Å²) >= 11 is 0. The number of piperazine rings is 1. The molecule has 4 heteroatoms. The van der Waals surface area contributed by atoms with Crippen molar-refractivity contribution in [2.75, 3.05) is 32.8 Å². The van der Waals surface area contributed by atoms with Crippen LogP contribution in [0.15, 0.2) is 24.3 Å². The predicted octanol–water partition coefficient (Wildman–Crippen LogP) is 0.594. The van der Waals surface area contributed by atoms with E-state index in [4.69, 9.17) is 4.74 Å². The second kappa shape index (κ2) is 6.57. The lowest BCUT2D eigenvalue weighted by Crippen LogP contribution is -2.90. The molecule has 0 unspecified atom stereocenters. The molecule has 0 aliphatic carbocycles. The van der Waals surface area contributed by atoms with Gasteiger partial charge >= 0.3 is 0 Å². The molecule has 1 fully saturated rings. The Morgan fingerprint density at radius 3 is 2.68 bits per heavy atom. The predicted molar refractivity (Wildman–Crippen MR) is 74.3 cm³/mol. The second-order valence-corrected chi connectivity index (χ2v) is 5.23. The zero-order chi connectivity index (χ0) is 13.7. The Morgan fingerprint density at radius 1 is 1.32 bits per heavy atom. The van der Waals surface area contributed by atoms with Crippen LogP contribution in [0.25, 0.3) is 0 Å². The van der Waals surface area contributed by atoms with Crippen LogP contribution < -0.4 is 10.1 Å². The number of quaternary nitrogens is 1. The molecule has 1 aromatic rings. The summed E-state index contributed by atoms with van der Waals surface area (Å²) in [6, 6.07) is 7.94. The Bertz CT molecular complexity index is 426. The van der Waals surface area contributed by atoms with Gasteiger partial charge in [-0.05, 0) is 17.5 Å². The average molecular weight is 263 g/mol. The van der Waals surface area contributed by atoms with Crippen LogP contribution in [0.1, 0.15) is 25.3 Å². The van der Waals surface area contributed by atoms with Crippen molar-refractivity contribution in [2.45, 2.75) is 19.8 Å². The smallest absolute Gasteiger partial charge is 0.260 e. The molecule has 1 aliphatic heterocycles. The number of ether oxygens (including phenoxy) is 1. The molecule has 4 nitrogen and oxygen atoms in total. The van der Waals surface area contributed by atoms with Crippen molar-refractivity contribution in [1.29, 1.82) is 0 Å². The van der Waals surface area contributed by atoms with Gasteiger partial charge in [-0.2, -0.15) is 0 Å². The SMILES string of the molecule is CC(C)c1ccccc1OCC(=O)N1CC[NH2+]CC1. The molecule has 1 heterocycles. The van der Waals surface area contributed by atoms with Gasteiger partial charge in [-0.1, -0.05) is 32.0 Å². The Hall–Kier alpha value is -1.55. The Kier molecular flexibility index (Phi) is 4.80. The van der Waals surface area contributed by atoms with Gasteiger partial charge in [0.2, 0.25) is 0 Å². The molecular formula is C15H23N2O2+. The highest BCUT2D eigenvalue weighted by Crippen LogP contribution is 2.25. The van der Waals surface area contributed by atoms with Gasteiger partial charge in [0.1, 0.15) is 5.75 Å². The zero-order valence-corrected chi connectivity index (χ0v) is 11.8. The summed E-state index contributed by atoms with van der Waals surface area (Å²) in [7, 11) is 0. The van der Waals surface area contributed by atoms with Gasteiger partial charge in [-0.3, -0.25) is 4.79 Å². The number of hydrogen-bond acceptors (Lipinski definition) is 2. The van der Waals surface area contributed by atoms with Crippen LogP contribution in [0, 0.1) is 0 Å². The minimum absolute atomic E-state index is 0.0895. The maximum Gasteiger partial charge on any atom is 0.260 e. The molecule has 19 heavy (non-hydrogen) atoms. The van der Waals surface area contributed by atoms with Crippen molar-refractivity contribution in [2.24, 2.45) is 0 Å². The van der Waals surface area contributed by atoms with E-state index in [9.17, 15) is 4.79 Å². The van der Waals surface area contributed by atoms with E-state index in [2.05, 4.69) is 25.2 Å². The summed E-state index contributed by atoms with van der Waals surface area (Å²) < 4.78 is 5.71. The minimum atomic E-state index is 0.0895. The number of rotatable bonds is 4. The van der Waals surface area contributed by atoms with Gasteiger partial charge in [0, 0.05) is 0 Å². The molecule has 2 N–H and O–H groups in total. The minimum Gasteiger partial charge on any atom is -0.483 e. The molecule has 0 aromatic heterocycles. The van der Waals surface area contributed by atoms with Crippen LogP contribution in [0.2, 0.25) is 0 Å². The zero-order valence-electron chi connectivity index (χ0n) is 11.8. The normalized spacial score (nSPS) is 15.6. The third kappa shape index (κ3) is 3.70. The molecule has 1 aromatic carbocycles. The highest BCUT2D eigenvalue weighted by molar-refractivity contribution is 5.77. The summed E-state index contributed by atoms with van der Waals surface area (Å²) in [6.45, 7) is 8.05. The fourth-order valence-corrected chi connectivity index (χ4v) is 2.32. The van der Waals surface area contributed by atoms with Crippen molar-refractivity contribution in [3.05, 3.63) is 29.8 Å². The summed E-state index contributed by atoms with van der Waals surface area (Å²) in [5.74, 6) is 1.32. The lowest BCUT2D eigenvalue weighted by atomic mass is 10.0. The highest BCUT2D eigenvalue weighted by atomic mass is 16.5. The monoisotopic (exact) mass is 263 g/mol. The molecule has 0 bridgehead atoms. The standard InChI is InChI=1S/C15H22N2O2/c1-12(2)13-5-3-4-6-14(13)19-11-15(18)17-9-7-16-8-10-17/h3-6,12,16H,7-11H2,1-2H3/p+1. The molecule has 2 rings (SSSR count). The first kappa shape index (κ1) is 13.9. The van der Waals surface area contributed by atoms with E-state index >= 15 is 0 Å². The quantitative estimate of drug-likeness (QED) is 0.864. The summed E-state index contributed by atoms with van der Waals surface area (Å²) in [4.78, 5) is 13.9. The van der Waals surface area contributed by atoms with Crippen LogP contribution in [0.4, 0.5) is 0 Å². The molecule has 0 saturated carbocycles. The molecule has 104 valence electrons. The Morgan fingerprint density at radius 2 is 2.00 bits per heavy atom. The van der Waals surface area contributed by atoms with Crippen LogP contribution in [-0.2, 0) is 4.79 Å². The first-order valence-electron chi connectivity index (χ1n) is 6.99. The van der Waals surface area contributed by atoms with Crippen molar-refractivity contribution >= 4 is 5.91 Å². The molecule has 0 spiro atoms. The van der Waals surface area contributed by atoms with E-state index in [-0.39, 0.29) is 12.5 Å². The average Bonchev–Trinajstić information content (AvgIpc) is 2.46. The summed E-state index contributed by atoms with van der Waals surface area (Å²) in [5.41, 5.74) is 1.15. The highest BCUT2D eigenvalue weighted by Gasteiger charge is 2.19. The number of nitrogens with two attached hydrogens (primary N) is 1. The Balaban J connectivity index is 1.93. The van der Waals surface area contributed by atoms with Gasteiger partial charge in [-0.25, -0.2) is 0 Å². The van der Waals surface area contributed by atoms with E-state index in [0.717, 1.165) is 37.5 Å². The molecule has 1 aliphatic rings. The topological polar surface area (TPSA) is 46.1 Å². The number of benzene rings is 1. The van der Waals surface area contributed by atoms with E-state index in [1.54, 1.807) is 0 Å². The lowest BCUT2D eigenvalue weighted by molar-refractivity contribution is -0.662. The largest absolute Gasteiger partial charge is 0.483 e. The van der Waals surface area contributed by atoms with E-state index in [1.807, 2.05) is 23.1 Å². The van der Waals surface area contributed by atoms with Crippen LogP contribution >= 0.6 is 0 Å².